The SMILES string of the molecule is COCCC(OC)OC(C)(C)CCCC(=O)O. The molecule has 0 saturated carbocycles. The minimum atomic E-state index is -0.775. The molecule has 0 aliphatic heterocycles. The Labute approximate surface area is 103 Å². The first-order valence-electron chi connectivity index (χ1n) is 5.82. The topological polar surface area (TPSA) is 65.0 Å². The van der Waals surface area contributed by atoms with E-state index in [2.05, 4.69) is 0 Å². The average Bonchev–Trinajstić information content (AvgIpc) is 2.23. The quantitative estimate of drug-likeness (QED) is 0.599. The van der Waals surface area contributed by atoms with Crippen LogP contribution in [0.1, 0.15) is 39.5 Å². The van der Waals surface area contributed by atoms with Gasteiger partial charge in [-0.15, -0.1) is 0 Å². The molecule has 0 heterocycles. The summed E-state index contributed by atoms with van der Waals surface area (Å²) >= 11 is 0. The fourth-order valence-corrected chi connectivity index (χ4v) is 1.52. The molecule has 0 fully saturated rings. The zero-order valence-electron chi connectivity index (χ0n) is 11.2. The zero-order chi connectivity index (χ0) is 13.3. The van der Waals surface area contributed by atoms with Crippen molar-refractivity contribution in [1.29, 1.82) is 0 Å². The van der Waals surface area contributed by atoms with E-state index in [1.807, 2.05) is 13.8 Å². The highest BCUT2D eigenvalue weighted by atomic mass is 16.7. The van der Waals surface area contributed by atoms with Gasteiger partial charge in [0.1, 0.15) is 0 Å². The highest BCUT2D eigenvalue weighted by Gasteiger charge is 2.23. The summed E-state index contributed by atoms with van der Waals surface area (Å²) in [4.78, 5) is 10.4. The predicted octanol–water partition coefficient (Wildman–Crippen LogP) is 2.05. The predicted molar refractivity (Wildman–Crippen MR) is 63.9 cm³/mol. The highest BCUT2D eigenvalue weighted by molar-refractivity contribution is 5.66. The van der Waals surface area contributed by atoms with E-state index in [9.17, 15) is 4.79 Å². The van der Waals surface area contributed by atoms with Gasteiger partial charge in [-0.05, 0) is 26.7 Å². The van der Waals surface area contributed by atoms with Crippen molar-refractivity contribution in [1.82, 2.24) is 0 Å². The van der Waals surface area contributed by atoms with Gasteiger partial charge in [-0.3, -0.25) is 4.79 Å². The molecule has 0 aromatic carbocycles. The van der Waals surface area contributed by atoms with E-state index in [0.717, 1.165) is 0 Å². The van der Waals surface area contributed by atoms with Crippen LogP contribution in [0.4, 0.5) is 0 Å². The van der Waals surface area contributed by atoms with E-state index >= 15 is 0 Å². The van der Waals surface area contributed by atoms with Crippen molar-refractivity contribution in [2.75, 3.05) is 20.8 Å². The lowest BCUT2D eigenvalue weighted by Crippen LogP contribution is -2.32. The van der Waals surface area contributed by atoms with E-state index in [4.69, 9.17) is 19.3 Å². The second kappa shape index (κ2) is 8.44. The molecule has 17 heavy (non-hydrogen) atoms. The molecule has 0 amide bonds. The fraction of sp³-hybridized carbons (Fsp3) is 0.917. The van der Waals surface area contributed by atoms with Gasteiger partial charge >= 0.3 is 5.97 Å². The van der Waals surface area contributed by atoms with Gasteiger partial charge in [0, 0.05) is 27.1 Å². The van der Waals surface area contributed by atoms with Crippen molar-refractivity contribution in [2.45, 2.75) is 51.4 Å². The number of rotatable bonds is 10. The molecule has 1 atom stereocenters. The van der Waals surface area contributed by atoms with Crippen molar-refractivity contribution in [2.24, 2.45) is 0 Å². The molecule has 0 aliphatic rings. The molecule has 0 saturated heterocycles. The first-order chi connectivity index (χ1) is 7.91. The van der Waals surface area contributed by atoms with Crippen LogP contribution in [0.5, 0.6) is 0 Å². The van der Waals surface area contributed by atoms with Crippen LogP contribution in [0.2, 0.25) is 0 Å². The molecule has 0 bridgehead atoms. The largest absolute Gasteiger partial charge is 0.481 e. The summed E-state index contributed by atoms with van der Waals surface area (Å²) in [6.07, 6.45) is 1.81. The summed E-state index contributed by atoms with van der Waals surface area (Å²) in [5.41, 5.74) is -0.385. The lowest BCUT2D eigenvalue weighted by molar-refractivity contribution is -0.196. The lowest BCUT2D eigenvalue weighted by atomic mass is 10.0. The van der Waals surface area contributed by atoms with Gasteiger partial charge in [-0.2, -0.15) is 0 Å². The summed E-state index contributed by atoms with van der Waals surface area (Å²) in [7, 11) is 3.22. The highest BCUT2D eigenvalue weighted by Crippen LogP contribution is 2.21. The molecule has 5 nitrogen and oxygen atoms in total. The number of methoxy groups -OCH3 is 2. The molecule has 0 spiro atoms. The standard InChI is InChI=1S/C12H24O5/c1-12(2,8-5-6-10(13)14)17-11(16-4)7-9-15-3/h11H,5-9H2,1-4H3,(H,13,14). The van der Waals surface area contributed by atoms with Gasteiger partial charge < -0.3 is 19.3 Å². The van der Waals surface area contributed by atoms with E-state index < -0.39 is 5.97 Å². The third-order valence-corrected chi connectivity index (χ3v) is 2.44. The Morgan fingerprint density at radius 1 is 1.35 bits per heavy atom. The van der Waals surface area contributed by atoms with Crippen molar-refractivity contribution in [3.05, 3.63) is 0 Å². The molecule has 1 unspecified atom stereocenters. The number of hydrogen-bond acceptors (Lipinski definition) is 4. The monoisotopic (exact) mass is 248 g/mol. The van der Waals surface area contributed by atoms with Crippen LogP contribution >= 0.6 is 0 Å². The summed E-state index contributed by atoms with van der Waals surface area (Å²) in [6, 6.07) is 0. The molecular formula is C12H24O5. The minimum absolute atomic E-state index is 0.169. The first kappa shape index (κ1) is 16.4. The van der Waals surface area contributed by atoms with Crippen LogP contribution < -0.4 is 0 Å². The maximum Gasteiger partial charge on any atom is 0.303 e. The number of aliphatic carboxylic acids is 1. The third kappa shape index (κ3) is 9.09. The number of carboxylic acid groups (broad SMARTS) is 1. The van der Waals surface area contributed by atoms with Crippen LogP contribution in [-0.4, -0.2) is 43.8 Å². The Morgan fingerprint density at radius 3 is 2.47 bits per heavy atom. The molecule has 0 aromatic rings. The van der Waals surface area contributed by atoms with Gasteiger partial charge in [-0.25, -0.2) is 0 Å². The molecule has 0 aliphatic carbocycles. The van der Waals surface area contributed by atoms with Crippen molar-refractivity contribution < 1.29 is 24.1 Å². The maximum atomic E-state index is 10.4. The zero-order valence-corrected chi connectivity index (χ0v) is 11.2. The molecule has 5 heteroatoms. The Morgan fingerprint density at radius 2 is 2.00 bits per heavy atom. The van der Waals surface area contributed by atoms with Crippen molar-refractivity contribution in [3.8, 4) is 0 Å². The number of carboxylic acids is 1. The first-order valence-corrected chi connectivity index (χ1v) is 5.82. The Hall–Kier alpha value is -0.650. The summed E-state index contributed by atoms with van der Waals surface area (Å²) < 4.78 is 15.9. The molecule has 0 radical (unpaired) electrons. The molecule has 0 aromatic heterocycles. The van der Waals surface area contributed by atoms with Crippen LogP contribution in [0.3, 0.4) is 0 Å². The normalized spacial score (nSPS) is 13.6. The van der Waals surface area contributed by atoms with Gasteiger partial charge in [0.25, 0.3) is 0 Å². The van der Waals surface area contributed by atoms with Gasteiger partial charge in [0.05, 0.1) is 12.2 Å². The molecule has 1 N–H and O–H groups in total. The van der Waals surface area contributed by atoms with Crippen LogP contribution in [0, 0.1) is 0 Å². The summed E-state index contributed by atoms with van der Waals surface area (Å²) in [6.45, 7) is 4.45. The lowest BCUT2D eigenvalue weighted by Gasteiger charge is -2.30. The van der Waals surface area contributed by atoms with Crippen molar-refractivity contribution >= 4 is 5.97 Å². The van der Waals surface area contributed by atoms with E-state index in [1.165, 1.54) is 0 Å². The summed E-state index contributed by atoms with van der Waals surface area (Å²) in [5.74, 6) is -0.775. The second-order valence-electron chi connectivity index (χ2n) is 4.57. The van der Waals surface area contributed by atoms with Gasteiger partial charge in [0.2, 0.25) is 0 Å². The minimum Gasteiger partial charge on any atom is -0.481 e. The number of hydrogen-bond donors (Lipinski definition) is 1. The van der Waals surface area contributed by atoms with Crippen LogP contribution in [-0.2, 0) is 19.0 Å². The summed E-state index contributed by atoms with van der Waals surface area (Å²) in [5, 5.41) is 8.57. The number of carbonyl (C=O) groups is 1. The van der Waals surface area contributed by atoms with Gasteiger partial charge in [0.15, 0.2) is 6.29 Å². The van der Waals surface area contributed by atoms with Crippen molar-refractivity contribution in [3.63, 3.8) is 0 Å². The van der Waals surface area contributed by atoms with E-state index in [1.54, 1.807) is 14.2 Å². The third-order valence-electron chi connectivity index (χ3n) is 2.44. The number of ether oxygens (including phenoxy) is 3. The molecular weight excluding hydrogens is 224 g/mol. The molecule has 0 rings (SSSR count). The second-order valence-corrected chi connectivity index (χ2v) is 4.57. The van der Waals surface area contributed by atoms with Crippen LogP contribution in [0.15, 0.2) is 0 Å². The Bertz CT molecular complexity index is 215. The Kier molecular flexibility index (Phi) is 8.12. The van der Waals surface area contributed by atoms with Gasteiger partial charge in [-0.1, -0.05) is 0 Å². The molecule has 102 valence electrons. The smallest absolute Gasteiger partial charge is 0.303 e. The fourth-order valence-electron chi connectivity index (χ4n) is 1.52. The Balaban J connectivity index is 3.97. The van der Waals surface area contributed by atoms with E-state index in [-0.39, 0.29) is 18.3 Å². The maximum absolute atomic E-state index is 10.4. The van der Waals surface area contributed by atoms with Crippen LogP contribution in [0.25, 0.3) is 0 Å². The average molecular weight is 248 g/mol. The van der Waals surface area contributed by atoms with E-state index in [0.29, 0.717) is 25.9 Å².